The van der Waals surface area contributed by atoms with Crippen molar-refractivity contribution in [3.05, 3.63) is 35.9 Å². The summed E-state index contributed by atoms with van der Waals surface area (Å²) in [7, 11) is 0. The van der Waals surface area contributed by atoms with Crippen LogP contribution < -0.4 is 5.32 Å². The number of carboxylic acids is 1. The van der Waals surface area contributed by atoms with Crippen LogP contribution in [0.5, 0.6) is 0 Å². The van der Waals surface area contributed by atoms with Gasteiger partial charge < -0.3 is 5.11 Å². The molecule has 3 nitrogen and oxygen atoms in total. The van der Waals surface area contributed by atoms with Crippen LogP contribution in [0.3, 0.4) is 0 Å². The molecule has 0 aromatic heterocycles. The predicted molar refractivity (Wildman–Crippen MR) is 62.0 cm³/mol. The van der Waals surface area contributed by atoms with Crippen LogP contribution in [0.1, 0.15) is 25.3 Å². The SMILES string of the molecule is C[C@@](NCc1ccccc1)(C(=O)O)C1CC1. The molecule has 16 heavy (non-hydrogen) atoms. The van der Waals surface area contributed by atoms with Crippen molar-refractivity contribution in [3.8, 4) is 0 Å². The molecule has 0 unspecified atom stereocenters. The summed E-state index contributed by atoms with van der Waals surface area (Å²) < 4.78 is 0. The number of hydrogen-bond acceptors (Lipinski definition) is 2. The smallest absolute Gasteiger partial charge is 0.323 e. The molecule has 0 heterocycles. The molecule has 0 aliphatic heterocycles. The molecule has 0 bridgehead atoms. The Balaban J connectivity index is 2.00. The fourth-order valence-corrected chi connectivity index (χ4v) is 1.94. The molecule has 2 N–H and O–H groups in total. The molecular weight excluding hydrogens is 202 g/mol. The molecule has 0 spiro atoms. The highest BCUT2D eigenvalue weighted by molar-refractivity contribution is 5.79. The lowest BCUT2D eigenvalue weighted by Gasteiger charge is -2.26. The van der Waals surface area contributed by atoms with Gasteiger partial charge in [-0.3, -0.25) is 10.1 Å². The maximum atomic E-state index is 11.3. The molecule has 3 heteroatoms. The zero-order chi connectivity index (χ0) is 11.6. The first-order chi connectivity index (χ1) is 7.63. The highest BCUT2D eigenvalue weighted by Gasteiger charge is 2.46. The third-order valence-corrected chi connectivity index (χ3v) is 3.34. The molecule has 0 radical (unpaired) electrons. The molecule has 1 aromatic carbocycles. The summed E-state index contributed by atoms with van der Waals surface area (Å²) in [5.74, 6) is -0.459. The first-order valence-corrected chi connectivity index (χ1v) is 5.65. The zero-order valence-corrected chi connectivity index (χ0v) is 9.44. The second kappa shape index (κ2) is 4.26. The quantitative estimate of drug-likeness (QED) is 0.796. The number of benzene rings is 1. The van der Waals surface area contributed by atoms with E-state index in [2.05, 4.69) is 5.32 Å². The van der Waals surface area contributed by atoms with Crippen molar-refractivity contribution < 1.29 is 9.90 Å². The van der Waals surface area contributed by atoms with Crippen LogP contribution in [-0.4, -0.2) is 16.6 Å². The van der Waals surface area contributed by atoms with Crippen molar-refractivity contribution in [1.82, 2.24) is 5.32 Å². The minimum absolute atomic E-state index is 0.286. The lowest BCUT2D eigenvalue weighted by molar-refractivity contribution is -0.145. The molecular formula is C13H17NO2. The first kappa shape index (κ1) is 11.1. The number of hydrogen-bond donors (Lipinski definition) is 2. The van der Waals surface area contributed by atoms with Gasteiger partial charge >= 0.3 is 5.97 Å². The van der Waals surface area contributed by atoms with E-state index < -0.39 is 11.5 Å². The minimum Gasteiger partial charge on any atom is -0.480 e. The van der Waals surface area contributed by atoms with Gasteiger partial charge in [0, 0.05) is 6.54 Å². The van der Waals surface area contributed by atoms with E-state index in [0.29, 0.717) is 6.54 Å². The van der Waals surface area contributed by atoms with E-state index in [0.717, 1.165) is 18.4 Å². The Morgan fingerprint density at radius 3 is 2.56 bits per heavy atom. The van der Waals surface area contributed by atoms with Gasteiger partial charge in [-0.15, -0.1) is 0 Å². The average Bonchev–Trinajstić information content (AvgIpc) is 3.11. The van der Waals surface area contributed by atoms with E-state index in [1.807, 2.05) is 30.3 Å². The van der Waals surface area contributed by atoms with Crippen LogP contribution in [0.25, 0.3) is 0 Å². The summed E-state index contributed by atoms with van der Waals surface area (Å²) in [6.45, 7) is 2.40. The highest BCUT2D eigenvalue weighted by atomic mass is 16.4. The number of rotatable bonds is 5. The Morgan fingerprint density at radius 2 is 2.06 bits per heavy atom. The third-order valence-electron chi connectivity index (χ3n) is 3.34. The number of aliphatic carboxylic acids is 1. The standard InChI is InChI=1S/C13H17NO2/c1-13(12(15)16,11-7-8-11)14-9-10-5-3-2-4-6-10/h2-6,11,14H,7-9H2,1H3,(H,15,16)/t13-/m0/s1. The number of nitrogens with one attached hydrogen (secondary N) is 1. The largest absolute Gasteiger partial charge is 0.480 e. The maximum absolute atomic E-state index is 11.3. The Kier molecular flexibility index (Phi) is 2.97. The lowest BCUT2D eigenvalue weighted by atomic mass is 9.95. The van der Waals surface area contributed by atoms with Gasteiger partial charge in [0.2, 0.25) is 0 Å². The summed E-state index contributed by atoms with van der Waals surface area (Å²) in [4.78, 5) is 11.3. The van der Waals surface area contributed by atoms with Gasteiger partial charge in [0.25, 0.3) is 0 Å². The van der Waals surface area contributed by atoms with Crippen LogP contribution in [-0.2, 0) is 11.3 Å². The topological polar surface area (TPSA) is 49.3 Å². The van der Waals surface area contributed by atoms with E-state index in [9.17, 15) is 9.90 Å². The molecule has 86 valence electrons. The maximum Gasteiger partial charge on any atom is 0.323 e. The van der Waals surface area contributed by atoms with Gasteiger partial charge in [-0.05, 0) is 31.2 Å². The van der Waals surface area contributed by atoms with Gasteiger partial charge in [0.05, 0.1) is 0 Å². The summed E-state index contributed by atoms with van der Waals surface area (Å²) in [6, 6.07) is 9.89. The fourth-order valence-electron chi connectivity index (χ4n) is 1.94. The van der Waals surface area contributed by atoms with Crippen molar-refractivity contribution in [3.63, 3.8) is 0 Å². The fraction of sp³-hybridized carbons (Fsp3) is 0.462. The monoisotopic (exact) mass is 219 g/mol. The van der Waals surface area contributed by atoms with E-state index in [4.69, 9.17) is 0 Å². The van der Waals surface area contributed by atoms with Crippen LogP contribution in [0.15, 0.2) is 30.3 Å². The molecule has 1 aliphatic rings. The Bertz CT molecular complexity index is 373. The second-order valence-electron chi connectivity index (χ2n) is 4.62. The predicted octanol–water partition coefficient (Wildman–Crippen LogP) is 2.03. The van der Waals surface area contributed by atoms with Crippen LogP contribution in [0.4, 0.5) is 0 Å². The molecule has 0 saturated heterocycles. The molecule has 1 fully saturated rings. The van der Waals surface area contributed by atoms with Gasteiger partial charge in [-0.1, -0.05) is 30.3 Å². The van der Waals surface area contributed by atoms with Crippen molar-refractivity contribution >= 4 is 5.97 Å². The van der Waals surface area contributed by atoms with E-state index in [1.165, 1.54) is 0 Å². The minimum atomic E-state index is -0.768. The lowest BCUT2D eigenvalue weighted by Crippen LogP contribution is -2.51. The van der Waals surface area contributed by atoms with Gasteiger partial charge in [-0.2, -0.15) is 0 Å². The summed E-state index contributed by atoms with van der Waals surface area (Å²) in [5.41, 5.74) is 0.353. The van der Waals surface area contributed by atoms with Crippen LogP contribution in [0.2, 0.25) is 0 Å². The molecule has 1 aromatic rings. The van der Waals surface area contributed by atoms with E-state index >= 15 is 0 Å². The van der Waals surface area contributed by atoms with Crippen molar-refractivity contribution in [1.29, 1.82) is 0 Å². The van der Waals surface area contributed by atoms with Crippen LogP contribution in [0, 0.1) is 5.92 Å². The van der Waals surface area contributed by atoms with E-state index in [1.54, 1.807) is 6.92 Å². The van der Waals surface area contributed by atoms with Gasteiger partial charge in [0.15, 0.2) is 0 Å². The molecule has 1 atom stereocenters. The van der Waals surface area contributed by atoms with Gasteiger partial charge in [-0.25, -0.2) is 0 Å². The van der Waals surface area contributed by atoms with Crippen LogP contribution >= 0.6 is 0 Å². The molecule has 2 rings (SSSR count). The molecule has 0 amide bonds. The number of carboxylic acid groups (broad SMARTS) is 1. The Morgan fingerprint density at radius 1 is 1.44 bits per heavy atom. The van der Waals surface area contributed by atoms with Crippen molar-refractivity contribution in [2.24, 2.45) is 5.92 Å². The Hall–Kier alpha value is -1.35. The summed E-state index contributed by atoms with van der Waals surface area (Å²) >= 11 is 0. The third kappa shape index (κ3) is 2.25. The molecule has 1 saturated carbocycles. The summed E-state index contributed by atoms with van der Waals surface area (Å²) in [6.07, 6.45) is 2.04. The number of carbonyl (C=O) groups is 1. The van der Waals surface area contributed by atoms with Crippen molar-refractivity contribution in [2.75, 3.05) is 0 Å². The first-order valence-electron chi connectivity index (χ1n) is 5.65. The highest BCUT2D eigenvalue weighted by Crippen LogP contribution is 2.39. The molecule has 1 aliphatic carbocycles. The van der Waals surface area contributed by atoms with Crippen molar-refractivity contribution in [2.45, 2.75) is 31.8 Å². The summed E-state index contributed by atoms with van der Waals surface area (Å²) in [5, 5.41) is 12.4. The second-order valence-corrected chi connectivity index (χ2v) is 4.62. The average molecular weight is 219 g/mol. The van der Waals surface area contributed by atoms with E-state index in [-0.39, 0.29) is 5.92 Å². The normalized spacial score (nSPS) is 19.1. The Labute approximate surface area is 95.5 Å². The van der Waals surface area contributed by atoms with Gasteiger partial charge in [0.1, 0.15) is 5.54 Å². The zero-order valence-electron chi connectivity index (χ0n) is 9.44.